The lowest BCUT2D eigenvalue weighted by Gasteiger charge is -2.37. The van der Waals surface area contributed by atoms with Gasteiger partial charge < -0.3 is 19.5 Å². The number of amides is 1. The molecule has 4 aromatic rings. The number of fused-ring (bicyclic) bond motifs is 2. The van der Waals surface area contributed by atoms with Crippen LogP contribution < -0.4 is 14.8 Å². The van der Waals surface area contributed by atoms with E-state index in [1.54, 1.807) is 12.0 Å². The molecule has 6 rings (SSSR count). The Bertz CT molecular complexity index is 1650. The number of aliphatic hydroxyl groups is 1. The van der Waals surface area contributed by atoms with Crippen molar-refractivity contribution in [2.75, 3.05) is 25.7 Å². The molecule has 3 heterocycles. The number of likely N-dealkylation sites (N-methyl/N-ethyl adjacent to an activating group) is 1. The minimum absolute atomic E-state index is 0.0500. The highest BCUT2D eigenvalue weighted by Crippen LogP contribution is 2.60. The van der Waals surface area contributed by atoms with Gasteiger partial charge in [0.05, 0.1) is 45.2 Å². The maximum Gasteiger partial charge on any atom is 0.264 e. The molecular weight excluding hydrogens is 592 g/mol. The van der Waals surface area contributed by atoms with Crippen molar-refractivity contribution in [3.63, 3.8) is 0 Å². The summed E-state index contributed by atoms with van der Waals surface area (Å²) in [4.78, 5) is 15.9. The molecular formula is C34H39ClN4O4Si. The maximum atomic E-state index is 14.2. The molecule has 0 bridgehead atoms. The molecule has 1 amide bonds. The highest BCUT2D eigenvalue weighted by molar-refractivity contribution is 6.91. The van der Waals surface area contributed by atoms with Gasteiger partial charge in [0.15, 0.2) is 5.60 Å². The van der Waals surface area contributed by atoms with Crippen molar-refractivity contribution in [2.24, 2.45) is 5.92 Å². The molecule has 10 heteroatoms. The Balaban J connectivity index is 1.35. The van der Waals surface area contributed by atoms with Crippen molar-refractivity contribution in [1.29, 1.82) is 0 Å². The van der Waals surface area contributed by atoms with E-state index in [0.717, 1.165) is 28.3 Å². The number of nitrogens with zero attached hydrogens (tertiary/aromatic N) is 4. The standard InChI is InChI=1S/C34H39ClN4O4Si/c1-22-32(44(4,5)26-14-12-25(42-3)13-15-26)31(43-34(22)28-19-24(35)11-16-30(28)38(2)33(34)41)17-18-39-20-29(36-37-39)27(21-40)23-9-7-6-8-10-23/h6-16,19-20,22,27,31-32,40H,17-18,21H2,1-5H3/t22-,27?,31+,32-,34+/m0/s1. The molecule has 0 saturated carbocycles. The molecule has 2 aliphatic heterocycles. The Morgan fingerprint density at radius 3 is 2.52 bits per heavy atom. The second kappa shape index (κ2) is 11.8. The SMILES string of the molecule is COc1ccc([Si](C)(C)[C@@H]2[C@@H](CCn3cc(C(CO)c4ccccc4)nn3)O[C@]3(C(=O)N(C)c4ccc(Cl)cc43)[C@H]2C)cc1. The Morgan fingerprint density at radius 1 is 1.11 bits per heavy atom. The summed E-state index contributed by atoms with van der Waals surface area (Å²) in [5, 5.41) is 20.9. The van der Waals surface area contributed by atoms with Crippen LogP contribution in [0.5, 0.6) is 5.75 Å². The van der Waals surface area contributed by atoms with Gasteiger partial charge in [-0.1, -0.05) is 84.5 Å². The first-order valence-corrected chi connectivity index (χ1v) is 18.5. The molecule has 1 fully saturated rings. The van der Waals surface area contributed by atoms with Gasteiger partial charge in [0, 0.05) is 36.3 Å². The summed E-state index contributed by atoms with van der Waals surface area (Å²) in [5.41, 5.74) is 2.38. The summed E-state index contributed by atoms with van der Waals surface area (Å²) in [7, 11) is 1.24. The topological polar surface area (TPSA) is 89.7 Å². The van der Waals surface area contributed by atoms with Crippen molar-refractivity contribution >= 4 is 36.5 Å². The molecule has 0 aliphatic carbocycles. The van der Waals surface area contributed by atoms with Gasteiger partial charge in [-0.05, 0) is 47.9 Å². The molecule has 0 radical (unpaired) electrons. The molecule has 1 aromatic heterocycles. The van der Waals surface area contributed by atoms with Gasteiger partial charge in [-0.3, -0.25) is 9.48 Å². The number of ether oxygens (including phenoxy) is 2. The molecule has 230 valence electrons. The number of benzene rings is 3. The molecule has 1 saturated heterocycles. The van der Waals surface area contributed by atoms with Gasteiger partial charge in [-0.15, -0.1) is 5.10 Å². The number of anilines is 1. The van der Waals surface area contributed by atoms with Crippen molar-refractivity contribution < 1.29 is 19.4 Å². The third-order valence-electron chi connectivity index (χ3n) is 9.87. The van der Waals surface area contributed by atoms with Crippen LogP contribution in [0.1, 0.15) is 36.1 Å². The van der Waals surface area contributed by atoms with Crippen molar-refractivity contribution in [1.82, 2.24) is 15.0 Å². The summed E-state index contributed by atoms with van der Waals surface area (Å²) in [6.45, 7) is 7.41. The van der Waals surface area contributed by atoms with E-state index < -0.39 is 13.7 Å². The molecule has 3 aromatic carbocycles. The summed E-state index contributed by atoms with van der Waals surface area (Å²) in [6.07, 6.45) is 2.34. The van der Waals surface area contributed by atoms with Crippen LogP contribution in [0.2, 0.25) is 23.7 Å². The van der Waals surface area contributed by atoms with Crippen LogP contribution in [-0.4, -0.2) is 60.9 Å². The molecule has 1 unspecified atom stereocenters. The summed E-state index contributed by atoms with van der Waals surface area (Å²) < 4.78 is 14.3. The fraction of sp³-hybridized carbons (Fsp3) is 0.382. The maximum absolute atomic E-state index is 14.2. The summed E-state index contributed by atoms with van der Waals surface area (Å²) in [5.74, 6) is 0.412. The molecule has 5 atom stereocenters. The first kappa shape index (κ1) is 30.5. The molecule has 2 aliphatic rings. The number of rotatable bonds is 9. The normalized spacial score (nSPS) is 23.8. The van der Waals surface area contributed by atoms with Gasteiger partial charge in [0.1, 0.15) is 5.75 Å². The van der Waals surface area contributed by atoms with Crippen molar-refractivity contribution in [2.45, 2.75) is 56.1 Å². The second-order valence-electron chi connectivity index (χ2n) is 12.5. The number of hydrogen-bond donors (Lipinski definition) is 1. The lowest BCUT2D eigenvalue weighted by molar-refractivity contribution is -0.145. The minimum atomic E-state index is -2.25. The third kappa shape index (κ3) is 4.96. The fourth-order valence-corrected chi connectivity index (χ4v) is 11.8. The van der Waals surface area contributed by atoms with E-state index >= 15 is 0 Å². The zero-order valence-corrected chi connectivity index (χ0v) is 27.5. The van der Waals surface area contributed by atoms with Crippen LogP contribution >= 0.6 is 11.6 Å². The number of methoxy groups -OCH3 is 1. The quantitative estimate of drug-likeness (QED) is 0.251. The smallest absolute Gasteiger partial charge is 0.264 e. The van der Waals surface area contributed by atoms with Crippen LogP contribution in [0, 0.1) is 5.92 Å². The van der Waals surface area contributed by atoms with Crippen molar-refractivity contribution in [3.05, 3.63) is 101 Å². The van der Waals surface area contributed by atoms with Gasteiger partial charge >= 0.3 is 0 Å². The van der Waals surface area contributed by atoms with Crippen molar-refractivity contribution in [3.8, 4) is 5.75 Å². The van der Waals surface area contributed by atoms with Gasteiger partial charge in [-0.2, -0.15) is 0 Å². The van der Waals surface area contributed by atoms with Gasteiger partial charge in [0.25, 0.3) is 5.91 Å². The van der Waals surface area contributed by atoms with Crippen LogP contribution in [-0.2, 0) is 21.7 Å². The zero-order chi connectivity index (χ0) is 31.2. The fourth-order valence-electron chi connectivity index (χ4n) is 7.56. The number of hydrogen-bond acceptors (Lipinski definition) is 6. The minimum Gasteiger partial charge on any atom is -0.497 e. The molecule has 8 nitrogen and oxygen atoms in total. The van der Waals surface area contributed by atoms with E-state index in [0.29, 0.717) is 18.0 Å². The lowest BCUT2D eigenvalue weighted by Crippen LogP contribution is -2.51. The average Bonchev–Trinajstić information content (AvgIpc) is 3.68. The number of aromatic nitrogens is 3. The van der Waals surface area contributed by atoms with Crippen LogP contribution in [0.3, 0.4) is 0 Å². The summed E-state index contributed by atoms with van der Waals surface area (Å²) in [6, 6.07) is 23.8. The van der Waals surface area contributed by atoms with Gasteiger partial charge in [-0.25, -0.2) is 0 Å². The van der Waals surface area contributed by atoms with E-state index in [-0.39, 0.29) is 36.0 Å². The number of halogens is 1. The zero-order valence-electron chi connectivity index (χ0n) is 25.8. The monoisotopic (exact) mass is 630 g/mol. The first-order valence-electron chi connectivity index (χ1n) is 15.1. The first-order chi connectivity index (χ1) is 21.1. The number of aryl methyl sites for hydroxylation is 1. The number of aliphatic hydroxyl groups excluding tert-OH is 1. The molecule has 44 heavy (non-hydrogen) atoms. The number of carbonyl (C=O) groups is 1. The summed E-state index contributed by atoms with van der Waals surface area (Å²) >= 11 is 6.52. The number of carbonyl (C=O) groups excluding carboxylic acids is 1. The Labute approximate surface area is 264 Å². The average molecular weight is 631 g/mol. The lowest BCUT2D eigenvalue weighted by atomic mass is 9.82. The van der Waals surface area contributed by atoms with E-state index in [2.05, 4.69) is 42.5 Å². The van der Waals surface area contributed by atoms with Crippen LogP contribution in [0.15, 0.2) is 79.0 Å². The second-order valence-corrected chi connectivity index (χ2v) is 17.6. The van der Waals surface area contributed by atoms with Gasteiger partial charge in [0.2, 0.25) is 0 Å². The molecule has 1 spiro atoms. The largest absolute Gasteiger partial charge is 0.497 e. The highest BCUT2D eigenvalue weighted by atomic mass is 35.5. The third-order valence-corrected chi connectivity index (χ3v) is 14.5. The Kier molecular flexibility index (Phi) is 8.17. The van der Waals surface area contributed by atoms with Crippen LogP contribution in [0.25, 0.3) is 0 Å². The Hall–Kier alpha value is -3.50. The van der Waals surface area contributed by atoms with E-state index in [4.69, 9.17) is 21.1 Å². The predicted molar refractivity (Wildman–Crippen MR) is 174 cm³/mol. The predicted octanol–water partition coefficient (Wildman–Crippen LogP) is 5.35. The van der Waals surface area contributed by atoms with E-state index in [1.165, 1.54) is 5.19 Å². The highest BCUT2D eigenvalue weighted by Gasteiger charge is 2.65. The van der Waals surface area contributed by atoms with Crippen LogP contribution in [0.4, 0.5) is 5.69 Å². The van der Waals surface area contributed by atoms with E-state index in [9.17, 15) is 9.90 Å². The van der Waals surface area contributed by atoms with E-state index in [1.807, 2.05) is 78.6 Å². The molecule has 1 N–H and O–H groups in total. The Morgan fingerprint density at radius 2 is 1.84 bits per heavy atom.